The van der Waals surface area contributed by atoms with Crippen molar-refractivity contribution in [2.45, 2.75) is 4.90 Å². The lowest BCUT2D eigenvalue weighted by Crippen LogP contribution is -2.80. The number of fused-ring (bicyclic) bond motifs is 1. The molecule has 0 aliphatic rings. The number of nitro groups is 2. The van der Waals surface area contributed by atoms with E-state index in [1.165, 1.54) is 42.6 Å². The Bertz CT molecular complexity index is 1300. The molecular formula is C16H14N7O6S+. The van der Waals surface area contributed by atoms with Crippen LogP contribution < -0.4 is 21.2 Å². The summed E-state index contributed by atoms with van der Waals surface area (Å²) in [4.78, 5) is 25.2. The lowest BCUT2D eigenvalue weighted by molar-refractivity contribution is -0.392. The van der Waals surface area contributed by atoms with Gasteiger partial charge in [-0.05, 0) is 36.4 Å². The normalized spacial score (nSPS) is 11.1. The van der Waals surface area contributed by atoms with Crippen LogP contribution in [0.3, 0.4) is 0 Å². The zero-order valence-corrected chi connectivity index (χ0v) is 15.8. The number of guanidine groups is 1. The van der Waals surface area contributed by atoms with Gasteiger partial charge >= 0.3 is 21.7 Å². The highest BCUT2D eigenvalue weighted by Crippen LogP contribution is 2.39. The molecule has 30 heavy (non-hydrogen) atoms. The molecule has 3 aromatic rings. The Hall–Kier alpha value is -4.33. The number of hydrogen-bond acceptors (Lipinski definition) is 8. The first-order chi connectivity index (χ1) is 14.1. The fourth-order valence-corrected chi connectivity index (χ4v) is 3.63. The van der Waals surface area contributed by atoms with Crippen molar-refractivity contribution < 1.29 is 22.7 Å². The van der Waals surface area contributed by atoms with E-state index in [0.29, 0.717) is 0 Å². The van der Waals surface area contributed by atoms with Crippen molar-refractivity contribution in [2.24, 2.45) is 11.5 Å². The van der Waals surface area contributed by atoms with Crippen LogP contribution in [0.2, 0.25) is 0 Å². The van der Waals surface area contributed by atoms with Crippen LogP contribution in [0.5, 0.6) is 0 Å². The van der Waals surface area contributed by atoms with Gasteiger partial charge in [-0.1, -0.05) is 0 Å². The fraction of sp³-hybridized carbons (Fsp3) is 0. The van der Waals surface area contributed by atoms with E-state index in [1.54, 1.807) is 0 Å². The monoisotopic (exact) mass is 432 g/mol. The number of aromatic nitrogens is 1. The topological polar surface area (TPSA) is 211 Å². The third-order valence-electron chi connectivity index (χ3n) is 3.93. The molecule has 0 aliphatic carbocycles. The maximum Gasteiger partial charge on any atom is 0.353 e. The SMILES string of the molecule is NC(N)=[NH+]S(=O)(=O)c1ccc(Nc2c([N+](=O)[O-])cc([N+](=O)[O-])c3cccnc23)cc1. The van der Waals surface area contributed by atoms with Crippen LogP contribution in [-0.2, 0) is 10.0 Å². The zero-order valence-electron chi connectivity index (χ0n) is 15.0. The number of pyridine rings is 1. The van der Waals surface area contributed by atoms with Crippen LogP contribution in [0.4, 0.5) is 22.7 Å². The molecule has 0 saturated heterocycles. The third-order valence-corrected chi connectivity index (χ3v) is 5.33. The summed E-state index contributed by atoms with van der Waals surface area (Å²) in [6.07, 6.45) is 1.34. The average Bonchev–Trinajstić information content (AvgIpc) is 2.67. The maximum atomic E-state index is 12.1. The van der Waals surface area contributed by atoms with Crippen molar-refractivity contribution in [1.82, 2.24) is 4.98 Å². The molecule has 1 aromatic heterocycles. The Balaban J connectivity index is 2.11. The lowest BCUT2D eigenvalue weighted by Gasteiger charge is -2.10. The Labute approximate surface area is 168 Å². The van der Waals surface area contributed by atoms with Crippen LogP contribution in [0.15, 0.2) is 53.6 Å². The summed E-state index contributed by atoms with van der Waals surface area (Å²) in [5.74, 6) is -0.503. The van der Waals surface area contributed by atoms with Crippen LogP contribution in [0.25, 0.3) is 10.9 Å². The van der Waals surface area contributed by atoms with E-state index in [1.807, 2.05) is 4.40 Å². The molecule has 0 saturated carbocycles. The molecule has 3 rings (SSSR count). The molecule has 0 fully saturated rings. The summed E-state index contributed by atoms with van der Waals surface area (Å²) in [5, 5.41) is 25.7. The van der Waals surface area contributed by atoms with Crippen molar-refractivity contribution >= 4 is 49.6 Å². The number of rotatable bonds is 6. The van der Waals surface area contributed by atoms with Crippen LogP contribution in [0, 0.1) is 20.2 Å². The largest absolute Gasteiger partial charge is 0.353 e. The Kier molecular flexibility index (Phi) is 5.16. The highest BCUT2D eigenvalue weighted by atomic mass is 32.2. The number of hydrogen-bond donors (Lipinski definition) is 4. The van der Waals surface area contributed by atoms with E-state index in [2.05, 4.69) is 10.3 Å². The molecule has 0 atom stereocenters. The number of nitro benzene ring substituents is 2. The number of nitrogens with zero attached hydrogens (tertiary/aromatic N) is 3. The van der Waals surface area contributed by atoms with Gasteiger partial charge in [0.25, 0.3) is 5.69 Å². The summed E-state index contributed by atoms with van der Waals surface area (Å²) in [6, 6.07) is 8.88. The number of nitrogens with one attached hydrogen (secondary N) is 2. The van der Waals surface area contributed by atoms with Gasteiger partial charge in [0.2, 0.25) is 0 Å². The minimum absolute atomic E-state index is 0.0160. The van der Waals surface area contributed by atoms with Gasteiger partial charge in [-0.25, -0.2) is 0 Å². The summed E-state index contributed by atoms with van der Waals surface area (Å²) < 4.78 is 26.0. The minimum Gasteiger partial charge on any atom is -0.348 e. The van der Waals surface area contributed by atoms with Gasteiger partial charge in [0.05, 0.1) is 21.3 Å². The first-order valence-corrected chi connectivity index (χ1v) is 9.57. The fourth-order valence-electron chi connectivity index (χ4n) is 2.71. The summed E-state index contributed by atoms with van der Waals surface area (Å²) in [6.45, 7) is 0. The molecule has 0 radical (unpaired) electrons. The summed E-state index contributed by atoms with van der Waals surface area (Å²) in [5.41, 5.74) is 9.51. The maximum absolute atomic E-state index is 12.1. The van der Waals surface area contributed by atoms with E-state index >= 15 is 0 Å². The minimum atomic E-state index is -3.98. The van der Waals surface area contributed by atoms with Gasteiger partial charge in [0.15, 0.2) is 0 Å². The first kappa shape index (κ1) is 20.4. The first-order valence-electron chi connectivity index (χ1n) is 8.08. The molecule has 0 bridgehead atoms. The standard InChI is InChI=1S/C16H13N7O6S/c17-16(18)21-30(28,29)10-5-3-9(4-6-10)20-15-13(23(26)27)8-12(22(24)25)11-2-1-7-19-14(11)15/h1-8,20H,(H4,17,18,21)/p+1. The summed E-state index contributed by atoms with van der Waals surface area (Å²) in [7, 11) is -3.98. The van der Waals surface area contributed by atoms with Crippen LogP contribution in [-0.4, -0.2) is 29.2 Å². The van der Waals surface area contributed by atoms with Gasteiger partial charge in [-0.3, -0.25) is 36.7 Å². The molecule has 14 heteroatoms. The molecule has 0 unspecified atom stereocenters. The van der Waals surface area contributed by atoms with Gasteiger partial charge in [-0.15, -0.1) is 0 Å². The number of non-ortho nitro benzene ring substituents is 1. The van der Waals surface area contributed by atoms with E-state index in [9.17, 15) is 28.6 Å². The second-order valence-electron chi connectivity index (χ2n) is 5.91. The van der Waals surface area contributed by atoms with E-state index < -0.39 is 37.2 Å². The molecule has 0 aliphatic heterocycles. The van der Waals surface area contributed by atoms with Gasteiger partial charge < -0.3 is 5.32 Å². The van der Waals surface area contributed by atoms with Gasteiger partial charge in [0, 0.05) is 11.9 Å². The highest BCUT2D eigenvalue weighted by Gasteiger charge is 2.26. The number of benzene rings is 2. The quantitative estimate of drug-likeness (QED) is 0.175. The van der Waals surface area contributed by atoms with Crippen molar-refractivity contribution in [3.05, 3.63) is 68.9 Å². The number of sulfonamides is 1. The van der Waals surface area contributed by atoms with E-state index in [-0.39, 0.29) is 27.2 Å². The van der Waals surface area contributed by atoms with Gasteiger partial charge in [-0.2, -0.15) is 12.8 Å². The van der Waals surface area contributed by atoms with Crippen molar-refractivity contribution in [2.75, 3.05) is 5.32 Å². The van der Waals surface area contributed by atoms with Crippen molar-refractivity contribution in [3.8, 4) is 0 Å². The van der Waals surface area contributed by atoms with Crippen molar-refractivity contribution in [1.29, 1.82) is 0 Å². The van der Waals surface area contributed by atoms with E-state index in [0.717, 1.165) is 6.07 Å². The Morgan fingerprint density at radius 3 is 2.23 bits per heavy atom. The third kappa shape index (κ3) is 3.93. The molecule has 13 nitrogen and oxygen atoms in total. The van der Waals surface area contributed by atoms with E-state index in [4.69, 9.17) is 11.5 Å². The Morgan fingerprint density at radius 2 is 1.67 bits per heavy atom. The second kappa shape index (κ2) is 7.59. The molecular weight excluding hydrogens is 418 g/mol. The molecule has 2 aromatic carbocycles. The summed E-state index contributed by atoms with van der Waals surface area (Å²) >= 11 is 0. The number of anilines is 2. The molecule has 154 valence electrons. The molecule has 6 N–H and O–H groups in total. The smallest absolute Gasteiger partial charge is 0.348 e. The average molecular weight is 432 g/mol. The molecule has 0 amide bonds. The molecule has 1 heterocycles. The molecule has 0 spiro atoms. The highest BCUT2D eigenvalue weighted by molar-refractivity contribution is 7.84. The van der Waals surface area contributed by atoms with Crippen LogP contribution >= 0.6 is 0 Å². The van der Waals surface area contributed by atoms with Gasteiger partial charge in [0.1, 0.15) is 16.1 Å². The predicted molar refractivity (Wildman–Crippen MR) is 106 cm³/mol. The zero-order chi connectivity index (χ0) is 22.1. The Morgan fingerprint density at radius 1 is 1.03 bits per heavy atom. The second-order valence-corrected chi connectivity index (χ2v) is 7.60. The lowest BCUT2D eigenvalue weighted by atomic mass is 10.1. The number of nitrogens with two attached hydrogens (primary N) is 2. The van der Waals surface area contributed by atoms with Crippen molar-refractivity contribution in [3.63, 3.8) is 0 Å². The predicted octanol–water partition coefficient (Wildman–Crippen LogP) is -0.162. The van der Waals surface area contributed by atoms with Crippen LogP contribution in [0.1, 0.15) is 0 Å².